The lowest BCUT2D eigenvalue weighted by Crippen LogP contribution is -2.30. The number of rotatable bonds is 5. The molecule has 1 heterocycles. The lowest BCUT2D eigenvalue weighted by molar-refractivity contribution is 0.0652. The van der Waals surface area contributed by atoms with E-state index >= 15 is 0 Å². The van der Waals surface area contributed by atoms with Crippen molar-refractivity contribution in [2.75, 3.05) is 18.6 Å². The summed E-state index contributed by atoms with van der Waals surface area (Å²) in [5.41, 5.74) is 0.975. The first-order chi connectivity index (χ1) is 8.61. The van der Waals surface area contributed by atoms with Gasteiger partial charge in [0.15, 0.2) is 0 Å². The Morgan fingerprint density at radius 2 is 1.61 bits per heavy atom. The molecule has 1 aromatic carbocycles. The Bertz CT molecular complexity index is 478. The van der Waals surface area contributed by atoms with E-state index in [1.54, 1.807) is 30.5 Å². The summed E-state index contributed by atoms with van der Waals surface area (Å²) < 4.78 is 10.9. The van der Waals surface area contributed by atoms with Gasteiger partial charge in [0.1, 0.15) is 0 Å². The molecule has 0 bridgehead atoms. The molecular weight excluding hydrogens is 252 g/mol. The molecule has 2 amide bonds. The van der Waals surface area contributed by atoms with Crippen LogP contribution in [0.15, 0.2) is 24.3 Å². The standard InChI is InChI=1S/C13H15NO3S/c1-18(17)9-5-4-8-14-12(15)10-6-2-3-7-11(10)13(14)16/h2-3,6-7H,4-5,8-9H2,1H3/i1+2. The summed E-state index contributed by atoms with van der Waals surface area (Å²) in [5, 5.41) is 0. The highest BCUT2D eigenvalue weighted by molar-refractivity contribution is 7.84. The fraction of sp³-hybridized carbons (Fsp3) is 0.385. The first-order valence-corrected chi connectivity index (χ1v) is 7.59. The van der Waals surface area contributed by atoms with Gasteiger partial charge in [-0.15, -0.1) is 0 Å². The second-order valence-corrected chi connectivity index (χ2v) is 5.85. The maximum absolute atomic E-state index is 12.0. The third-order valence-electron chi connectivity index (χ3n) is 2.94. The maximum Gasteiger partial charge on any atom is 0.261 e. The van der Waals surface area contributed by atoms with E-state index in [4.69, 9.17) is 0 Å². The minimum atomic E-state index is -0.814. The van der Waals surface area contributed by atoms with Crippen LogP contribution in [-0.4, -0.2) is 39.5 Å². The largest absolute Gasteiger partial charge is 0.274 e. The predicted octanol–water partition coefficient (Wildman–Crippen LogP) is 1.44. The Hall–Kier alpha value is -1.49. The Labute approximate surface area is 108 Å². The second-order valence-electron chi connectivity index (χ2n) is 4.29. The molecule has 1 atom stereocenters. The molecule has 96 valence electrons. The van der Waals surface area contributed by atoms with Crippen molar-refractivity contribution in [2.45, 2.75) is 12.8 Å². The van der Waals surface area contributed by atoms with E-state index in [9.17, 15) is 13.8 Å². The average Bonchev–Trinajstić information content (AvgIpc) is 2.59. The first kappa shape index (κ1) is 13.0. The summed E-state index contributed by atoms with van der Waals surface area (Å²) >= 11 is 0. The van der Waals surface area contributed by atoms with Gasteiger partial charge in [0, 0.05) is 29.4 Å². The molecule has 1 aliphatic heterocycles. The molecular formula is C13H15NO3S. The van der Waals surface area contributed by atoms with Crippen LogP contribution < -0.4 is 0 Å². The normalized spacial score (nSPS) is 15.9. The van der Waals surface area contributed by atoms with E-state index in [0.29, 0.717) is 29.8 Å². The van der Waals surface area contributed by atoms with Crippen molar-refractivity contribution in [3.63, 3.8) is 0 Å². The van der Waals surface area contributed by atoms with Crippen LogP contribution in [-0.2, 0) is 10.8 Å². The SMILES string of the molecule is [14CH3]S(=O)CCCCN1C(=O)c2ccccc2C1=O. The highest BCUT2D eigenvalue weighted by Crippen LogP contribution is 2.22. The van der Waals surface area contributed by atoms with Crippen molar-refractivity contribution in [2.24, 2.45) is 0 Å². The number of unbranched alkanes of at least 4 members (excludes halogenated alkanes) is 1. The van der Waals surface area contributed by atoms with E-state index in [1.807, 2.05) is 0 Å². The summed E-state index contributed by atoms with van der Waals surface area (Å²) in [6.45, 7) is 0.406. The molecule has 4 nitrogen and oxygen atoms in total. The smallest absolute Gasteiger partial charge is 0.261 e. The summed E-state index contributed by atoms with van der Waals surface area (Å²) in [5.74, 6) is 0.185. The lowest BCUT2D eigenvalue weighted by Gasteiger charge is -2.12. The highest BCUT2D eigenvalue weighted by Gasteiger charge is 2.34. The number of imide groups is 1. The Morgan fingerprint density at radius 1 is 1.06 bits per heavy atom. The van der Waals surface area contributed by atoms with Gasteiger partial charge in [0.2, 0.25) is 0 Å². The minimum absolute atomic E-state index is 0.215. The third-order valence-corrected chi connectivity index (χ3v) is 3.81. The van der Waals surface area contributed by atoms with E-state index < -0.39 is 10.8 Å². The molecule has 0 N–H and O–H groups in total. The second kappa shape index (κ2) is 5.44. The maximum atomic E-state index is 12.0. The molecule has 0 saturated heterocycles. The van der Waals surface area contributed by atoms with Crippen LogP contribution >= 0.6 is 0 Å². The van der Waals surface area contributed by atoms with Crippen molar-refractivity contribution in [1.82, 2.24) is 4.90 Å². The van der Waals surface area contributed by atoms with Crippen LogP contribution in [0, 0.1) is 0 Å². The van der Waals surface area contributed by atoms with Crippen LogP contribution in [0.3, 0.4) is 0 Å². The molecule has 0 spiro atoms. The number of amides is 2. The van der Waals surface area contributed by atoms with E-state index in [-0.39, 0.29) is 11.8 Å². The fourth-order valence-corrected chi connectivity index (χ4v) is 2.63. The summed E-state index contributed by atoms with van der Waals surface area (Å²) in [4.78, 5) is 25.2. The molecule has 18 heavy (non-hydrogen) atoms. The molecule has 1 aliphatic rings. The van der Waals surface area contributed by atoms with E-state index in [1.165, 1.54) is 4.90 Å². The van der Waals surface area contributed by atoms with Crippen molar-refractivity contribution >= 4 is 22.6 Å². The van der Waals surface area contributed by atoms with Crippen molar-refractivity contribution < 1.29 is 13.8 Å². The Morgan fingerprint density at radius 3 is 2.11 bits per heavy atom. The van der Waals surface area contributed by atoms with Gasteiger partial charge in [-0.05, 0) is 25.0 Å². The van der Waals surface area contributed by atoms with Gasteiger partial charge in [-0.1, -0.05) is 12.1 Å². The van der Waals surface area contributed by atoms with Gasteiger partial charge in [0.25, 0.3) is 11.8 Å². The van der Waals surface area contributed by atoms with Gasteiger partial charge in [-0.2, -0.15) is 0 Å². The molecule has 1 aromatic rings. The number of fused-ring (bicyclic) bond motifs is 1. The average molecular weight is 267 g/mol. The van der Waals surface area contributed by atoms with Crippen LogP contribution in [0.2, 0.25) is 0 Å². The van der Waals surface area contributed by atoms with Gasteiger partial charge < -0.3 is 0 Å². The van der Waals surface area contributed by atoms with Gasteiger partial charge >= 0.3 is 0 Å². The van der Waals surface area contributed by atoms with Gasteiger partial charge in [-0.3, -0.25) is 18.7 Å². The summed E-state index contributed by atoms with van der Waals surface area (Å²) in [7, 11) is -0.814. The monoisotopic (exact) mass is 267 g/mol. The van der Waals surface area contributed by atoms with Crippen LogP contribution in [0.5, 0.6) is 0 Å². The molecule has 0 radical (unpaired) electrons. The third kappa shape index (κ3) is 2.51. The molecule has 5 heteroatoms. The number of benzene rings is 1. The van der Waals surface area contributed by atoms with Crippen molar-refractivity contribution in [3.8, 4) is 0 Å². The molecule has 2 rings (SSSR count). The topological polar surface area (TPSA) is 54.5 Å². The first-order valence-electron chi connectivity index (χ1n) is 5.86. The number of carbonyl (C=O) groups is 2. The van der Waals surface area contributed by atoms with E-state index in [2.05, 4.69) is 0 Å². The lowest BCUT2D eigenvalue weighted by atomic mass is 10.1. The van der Waals surface area contributed by atoms with Gasteiger partial charge in [-0.25, -0.2) is 0 Å². The molecule has 0 saturated carbocycles. The molecule has 1 unspecified atom stereocenters. The number of carbonyl (C=O) groups excluding carboxylic acids is 2. The zero-order valence-corrected chi connectivity index (χ0v) is 11.0. The van der Waals surface area contributed by atoms with Crippen LogP contribution in [0.25, 0.3) is 0 Å². The molecule has 0 fully saturated rings. The number of nitrogens with zero attached hydrogens (tertiary/aromatic N) is 1. The summed E-state index contributed by atoms with van der Waals surface area (Å²) in [6, 6.07) is 6.87. The number of hydrogen-bond acceptors (Lipinski definition) is 3. The molecule has 0 aliphatic carbocycles. The van der Waals surface area contributed by atoms with Crippen LogP contribution in [0.1, 0.15) is 33.6 Å². The van der Waals surface area contributed by atoms with Crippen LogP contribution in [0.4, 0.5) is 0 Å². The Kier molecular flexibility index (Phi) is 3.91. The highest BCUT2D eigenvalue weighted by atomic mass is 32.2. The molecule has 0 aromatic heterocycles. The van der Waals surface area contributed by atoms with Crippen molar-refractivity contribution in [1.29, 1.82) is 0 Å². The Balaban J connectivity index is 1.99. The van der Waals surface area contributed by atoms with E-state index in [0.717, 1.165) is 6.42 Å². The van der Waals surface area contributed by atoms with Gasteiger partial charge in [0.05, 0.1) is 11.1 Å². The zero-order valence-electron chi connectivity index (χ0n) is 10.2. The van der Waals surface area contributed by atoms with Crippen molar-refractivity contribution in [3.05, 3.63) is 35.4 Å². The minimum Gasteiger partial charge on any atom is -0.274 e. The quantitative estimate of drug-likeness (QED) is 0.599. The zero-order chi connectivity index (χ0) is 13.1. The summed E-state index contributed by atoms with van der Waals surface area (Å²) in [6.07, 6.45) is 3.11. The fourth-order valence-electron chi connectivity index (χ4n) is 2.02. The number of hydrogen-bond donors (Lipinski definition) is 0. The predicted molar refractivity (Wildman–Crippen MR) is 70.0 cm³/mol.